The molecule has 2 rings (SSSR count). The summed E-state index contributed by atoms with van der Waals surface area (Å²) in [5.41, 5.74) is 3.39. The van der Waals surface area contributed by atoms with E-state index >= 15 is 0 Å². The number of hydrazine groups is 1. The van der Waals surface area contributed by atoms with Crippen molar-refractivity contribution in [2.75, 3.05) is 13.1 Å². The van der Waals surface area contributed by atoms with Crippen LogP contribution in [0.1, 0.15) is 24.1 Å². The highest BCUT2D eigenvalue weighted by Gasteiger charge is 2.09. The van der Waals surface area contributed by atoms with E-state index in [0.29, 0.717) is 0 Å². The van der Waals surface area contributed by atoms with Gasteiger partial charge < -0.3 is 0 Å². The van der Waals surface area contributed by atoms with Gasteiger partial charge in [0.1, 0.15) is 0 Å². The van der Waals surface area contributed by atoms with E-state index in [0.717, 1.165) is 6.54 Å². The van der Waals surface area contributed by atoms with Crippen molar-refractivity contribution in [3.05, 3.63) is 11.1 Å². The molecule has 0 amide bonds. The second-order valence-corrected chi connectivity index (χ2v) is 4.14. The standard InChI is InChI=1S/C8H14N4S/c1-2-4-12(5-3-1)10-7-8-6-9-11-13-8/h6,10H,1-5,7H2. The number of rotatable bonds is 3. The Kier molecular flexibility index (Phi) is 3.23. The van der Waals surface area contributed by atoms with Crippen LogP contribution >= 0.6 is 11.5 Å². The summed E-state index contributed by atoms with van der Waals surface area (Å²) >= 11 is 1.46. The van der Waals surface area contributed by atoms with Gasteiger partial charge in [-0.1, -0.05) is 10.9 Å². The highest BCUT2D eigenvalue weighted by Crippen LogP contribution is 2.07. The van der Waals surface area contributed by atoms with Crippen LogP contribution in [0, 0.1) is 0 Å². The molecule has 0 spiro atoms. The van der Waals surface area contributed by atoms with E-state index < -0.39 is 0 Å². The third-order valence-electron chi connectivity index (χ3n) is 2.24. The highest BCUT2D eigenvalue weighted by atomic mass is 32.1. The van der Waals surface area contributed by atoms with Gasteiger partial charge >= 0.3 is 0 Å². The van der Waals surface area contributed by atoms with Crippen LogP contribution in [0.15, 0.2) is 6.20 Å². The van der Waals surface area contributed by atoms with Gasteiger partial charge in [0.25, 0.3) is 0 Å². The molecule has 5 heteroatoms. The van der Waals surface area contributed by atoms with Gasteiger partial charge in [0.2, 0.25) is 0 Å². The molecule has 1 aliphatic heterocycles. The number of hydrogen-bond acceptors (Lipinski definition) is 5. The summed E-state index contributed by atoms with van der Waals surface area (Å²) in [4.78, 5) is 1.20. The minimum absolute atomic E-state index is 0.873. The maximum Gasteiger partial charge on any atom is 0.0666 e. The molecule has 2 heterocycles. The molecule has 0 saturated carbocycles. The number of nitrogens with zero attached hydrogens (tertiary/aromatic N) is 3. The Morgan fingerprint density at radius 3 is 2.92 bits per heavy atom. The fourth-order valence-corrected chi connectivity index (χ4v) is 1.93. The largest absolute Gasteiger partial charge is 0.250 e. The van der Waals surface area contributed by atoms with Crippen molar-refractivity contribution in [1.82, 2.24) is 20.0 Å². The molecule has 0 radical (unpaired) electrons. The molecule has 0 aliphatic carbocycles. The van der Waals surface area contributed by atoms with Crippen molar-refractivity contribution in [3.8, 4) is 0 Å². The Balaban J connectivity index is 1.72. The van der Waals surface area contributed by atoms with Crippen molar-refractivity contribution >= 4 is 11.5 Å². The lowest BCUT2D eigenvalue weighted by atomic mass is 10.2. The van der Waals surface area contributed by atoms with E-state index in [9.17, 15) is 0 Å². The zero-order valence-electron chi connectivity index (χ0n) is 7.57. The summed E-state index contributed by atoms with van der Waals surface area (Å²) in [6.07, 6.45) is 5.82. The Morgan fingerprint density at radius 1 is 1.38 bits per heavy atom. The smallest absolute Gasteiger partial charge is 0.0666 e. The van der Waals surface area contributed by atoms with Gasteiger partial charge in [0.15, 0.2) is 0 Å². The van der Waals surface area contributed by atoms with Gasteiger partial charge in [0.05, 0.1) is 11.1 Å². The van der Waals surface area contributed by atoms with Crippen LogP contribution in [-0.2, 0) is 6.54 Å². The van der Waals surface area contributed by atoms with Gasteiger partial charge in [-0.15, -0.1) is 5.10 Å². The van der Waals surface area contributed by atoms with Gasteiger partial charge in [0, 0.05) is 19.6 Å². The van der Waals surface area contributed by atoms with E-state index in [1.54, 1.807) is 0 Å². The normalized spacial score (nSPS) is 19.1. The molecule has 4 nitrogen and oxygen atoms in total. The molecule has 72 valence electrons. The van der Waals surface area contributed by atoms with Crippen molar-refractivity contribution in [1.29, 1.82) is 0 Å². The lowest BCUT2D eigenvalue weighted by molar-refractivity contribution is 0.152. The second-order valence-electron chi connectivity index (χ2n) is 3.27. The first kappa shape index (κ1) is 9.05. The van der Waals surface area contributed by atoms with Crippen LogP contribution in [-0.4, -0.2) is 27.7 Å². The average molecular weight is 198 g/mol. The fourth-order valence-electron chi connectivity index (χ4n) is 1.51. The van der Waals surface area contributed by atoms with Crippen LogP contribution < -0.4 is 5.43 Å². The van der Waals surface area contributed by atoms with Gasteiger partial charge in [-0.05, 0) is 24.4 Å². The molecule has 1 aromatic heterocycles. The number of piperidine rings is 1. The van der Waals surface area contributed by atoms with Crippen LogP contribution in [0.5, 0.6) is 0 Å². The summed E-state index contributed by atoms with van der Waals surface area (Å²) in [6, 6.07) is 0. The van der Waals surface area contributed by atoms with Crippen LogP contribution in [0.25, 0.3) is 0 Å². The number of nitrogens with one attached hydrogen (secondary N) is 1. The monoisotopic (exact) mass is 198 g/mol. The first-order chi connectivity index (χ1) is 6.45. The summed E-state index contributed by atoms with van der Waals surface area (Å²) in [7, 11) is 0. The SMILES string of the molecule is c1nnsc1CNN1CCCCC1. The van der Waals surface area contributed by atoms with E-state index in [2.05, 4.69) is 20.0 Å². The molecule has 0 atom stereocenters. The maximum atomic E-state index is 3.82. The van der Waals surface area contributed by atoms with Gasteiger partial charge in [-0.2, -0.15) is 0 Å². The van der Waals surface area contributed by atoms with Gasteiger partial charge in [-0.25, -0.2) is 10.4 Å². The average Bonchev–Trinajstić information content (AvgIpc) is 2.69. The van der Waals surface area contributed by atoms with Crippen molar-refractivity contribution < 1.29 is 0 Å². The van der Waals surface area contributed by atoms with Crippen molar-refractivity contribution in [3.63, 3.8) is 0 Å². The maximum absolute atomic E-state index is 3.82. The summed E-state index contributed by atoms with van der Waals surface area (Å²) in [5.74, 6) is 0. The van der Waals surface area contributed by atoms with Crippen LogP contribution in [0.4, 0.5) is 0 Å². The fraction of sp³-hybridized carbons (Fsp3) is 0.750. The first-order valence-corrected chi connectivity index (χ1v) is 5.47. The molecule has 0 unspecified atom stereocenters. The zero-order valence-corrected chi connectivity index (χ0v) is 8.39. The molecule has 0 bridgehead atoms. The van der Waals surface area contributed by atoms with E-state index in [-0.39, 0.29) is 0 Å². The molecule has 1 fully saturated rings. The van der Waals surface area contributed by atoms with Crippen molar-refractivity contribution in [2.24, 2.45) is 0 Å². The second kappa shape index (κ2) is 4.64. The lowest BCUT2D eigenvalue weighted by Gasteiger charge is -2.26. The quantitative estimate of drug-likeness (QED) is 0.787. The third-order valence-corrected chi connectivity index (χ3v) is 2.90. The summed E-state index contributed by atoms with van der Waals surface area (Å²) in [5, 5.41) is 6.09. The number of aromatic nitrogens is 2. The lowest BCUT2D eigenvalue weighted by Crippen LogP contribution is -2.40. The Bertz CT molecular complexity index is 230. The molecule has 13 heavy (non-hydrogen) atoms. The molecular weight excluding hydrogens is 184 g/mol. The third kappa shape index (κ3) is 2.72. The van der Waals surface area contributed by atoms with Crippen molar-refractivity contribution in [2.45, 2.75) is 25.8 Å². The summed E-state index contributed by atoms with van der Waals surface area (Å²) in [6.45, 7) is 3.22. The van der Waals surface area contributed by atoms with E-state index in [1.165, 1.54) is 48.8 Å². The van der Waals surface area contributed by atoms with Crippen LogP contribution in [0.2, 0.25) is 0 Å². The Labute approximate surface area is 82.1 Å². The molecule has 0 aromatic carbocycles. The molecule has 1 aromatic rings. The predicted molar refractivity (Wildman–Crippen MR) is 52.2 cm³/mol. The molecule has 1 saturated heterocycles. The number of hydrogen-bond donors (Lipinski definition) is 1. The Hall–Kier alpha value is -0.520. The highest BCUT2D eigenvalue weighted by molar-refractivity contribution is 7.05. The van der Waals surface area contributed by atoms with Gasteiger partial charge in [-0.3, -0.25) is 0 Å². The van der Waals surface area contributed by atoms with E-state index in [4.69, 9.17) is 0 Å². The molecular formula is C8H14N4S. The minimum Gasteiger partial charge on any atom is -0.250 e. The first-order valence-electron chi connectivity index (χ1n) is 4.70. The molecule has 1 N–H and O–H groups in total. The summed E-state index contributed by atoms with van der Waals surface area (Å²) < 4.78 is 3.82. The van der Waals surface area contributed by atoms with E-state index in [1.807, 2.05) is 6.20 Å². The zero-order chi connectivity index (χ0) is 8.93. The van der Waals surface area contributed by atoms with Crippen LogP contribution in [0.3, 0.4) is 0 Å². The minimum atomic E-state index is 0.873. The predicted octanol–water partition coefficient (Wildman–Crippen LogP) is 1.03. The molecule has 1 aliphatic rings. The topological polar surface area (TPSA) is 41.1 Å². The Morgan fingerprint density at radius 2 is 2.23 bits per heavy atom.